The summed E-state index contributed by atoms with van der Waals surface area (Å²) in [5.41, 5.74) is -0.381. The molecule has 2 N–H and O–H groups in total. The second-order valence-corrected chi connectivity index (χ2v) is 7.16. The van der Waals surface area contributed by atoms with Crippen LogP contribution >= 0.6 is 0 Å². The average molecular weight is 297 g/mol. The van der Waals surface area contributed by atoms with E-state index in [0.29, 0.717) is 5.92 Å². The second kappa shape index (κ2) is 6.22. The quantitative estimate of drug-likeness (QED) is 0.822. The van der Waals surface area contributed by atoms with Gasteiger partial charge in [-0.3, -0.25) is 4.79 Å². The Morgan fingerprint density at radius 3 is 2.33 bits per heavy atom. The van der Waals surface area contributed by atoms with Gasteiger partial charge in [-0.2, -0.15) is 0 Å². The second-order valence-electron chi connectivity index (χ2n) is 7.16. The first-order valence-electron chi connectivity index (χ1n) is 7.79. The number of piperidine rings is 3. The molecule has 0 aliphatic carbocycles. The van der Waals surface area contributed by atoms with Crippen molar-refractivity contribution < 1.29 is 14.7 Å². The van der Waals surface area contributed by atoms with Crippen molar-refractivity contribution in [2.24, 2.45) is 5.92 Å². The first kappa shape index (κ1) is 16.1. The maximum Gasteiger partial charge on any atom is 0.318 e. The number of urea groups is 1. The van der Waals surface area contributed by atoms with Crippen molar-refractivity contribution in [1.29, 1.82) is 0 Å². The first-order valence-corrected chi connectivity index (χ1v) is 7.79. The minimum absolute atomic E-state index is 0.0229. The Labute approximate surface area is 126 Å². The fourth-order valence-electron chi connectivity index (χ4n) is 3.31. The zero-order valence-electron chi connectivity index (χ0n) is 13.3. The Morgan fingerprint density at radius 2 is 1.90 bits per heavy atom. The molecular weight excluding hydrogens is 270 g/mol. The third-order valence-electron chi connectivity index (χ3n) is 4.57. The SMILES string of the molecule is CC(C)(C)N(CCC(=O)O)C(=O)NC1CN2CCC1CC2. The van der Waals surface area contributed by atoms with E-state index in [2.05, 4.69) is 10.2 Å². The summed E-state index contributed by atoms with van der Waals surface area (Å²) >= 11 is 0. The molecule has 2 bridgehead atoms. The molecule has 3 heterocycles. The first-order chi connectivity index (χ1) is 9.77. The van der Waals surface area contributed by atoms with E-state index in [0.717, 1.165) is 32.5 Å². The third kappa shape index (κ3) is 4.09. The van der Waals surface area contributed by atoms with Crippen LogP contribution in [0.1, 0.15) is 40.0 Å². The van der Waals surface area contributed by atoms with Crippen LogP contribution in [0.2, 0.25) is 0 Å². The fourth-order valence-corrected chi connectivity index (χ4v) is 3.31. The molecule has 0 spiro atoms. The summed E-state index contributed by atoms with van der Waals surface area (Å²) in [5.74, 6) is -0.305. The molecule has 0 aromatic rings. The van der Waals surface area contributed by atoms with Gasteiger partial charge in [-0.1, -0.05) is 0 Å². The molecule has 1 unspecified atom stereocenters. The highest BCUT2D eigenvalue weighted by Gasteiger charge is 2.36. The van der Waals surface area contributed by atoms with Crippen molar-refractivity contribution in [2.45, 2.75) is 51.6 Å². The van der Waals surface area contributed by atoms with E-state index in [4.69, 9.17) is 5.11 Å². The molecule has 1 atom stereocenters. The van der Waals surface area contributed by atoms with E-state index in [1.54, 1.807) is 4.90 Å². The molecule has 6 heteroatoms. The predicted octanol–water partition coefficient (Wildman–Crippen LogP) is 1.37. The summed E-state index contributed by atoms with van der Waals surface area (Å²) < 4.78 is 0. The lowest BCUT2D eigenvalue weighted by atomic mass is 9.84. The van der Waals surface area contributed by atoms with E-state index in [-0.39, 0.29) is 30.6 Å². The summed E-state index contributed by atoms with van der Waals surface area (Å²) in [4.78, 5) is 27.4. The lowest BCUT2D eigenvalue weighted by Gasteiger charge is -2.46. The molecule has 0 saturated carbocycles. The molecule has 21 heavy (non-hydrogen) atoms. The van der Waals surface area contributed by atoms with Crippen LogP contribution in [0, 0.1) is 5.92 Å². The van der Waals surface area contributed by atoms with Gasteiger partial charge in [-0.05, 0) is 52.6 Å². The zero-order chi connectivity index (χ0) is 15.6. The fraction of sp³-hybridized carbons (Fsp3) is 0.867. The van der Waals surface area contributed by atoms with E-state index in [1.165, 1.54) is 0 Å². The number of aliphatic carboxylic acids is 1. The number of amides is 2. The van der Waals surface area contributed by atoms with Gasteiger partial charge in [-0.25, -0.2) is 4.79 Å². The largest absolute Gasteiger partial charge is 0.481 e. The van der Waals surface area contributed by atoms with Crippen molar-refractivity contribution in [1.82, 2.24) is 15.1 Å². The summed E-state index contributed by atoms with van der Waals surface area (Å²) in [6.07, 6.45) is 2.27. The van der Waals surface area contributed by atoms with Crippen molar-refractivity contribution in [3.63, 3.8) is 0 Å². The molecule has 3 aliphatic rings. The van der Waals surface area contributed by atoms with E-state index in [9.17, 15) is 9.59 Å². The lowest BCUT2D eigenvalue weighted by molar-refractivity contribution is -0.137. The Bertz CT molecular complexity index is 397. The minimum Gasteiger partial charge on any atom is -0.481 e. The Morgan fingerprint density at radius 1 is 1.29 bits per heavy atom. The van der Waals surface area contributed by atoms with Gasteiger partial charge in [0.15, 0.2) is 0 Å². The van der Waals surface area contributed by atoms with Gasteiger partial charge in [0.25, 0.3) is 0 Å². The molecule has 3 aliphatic heterocycles. The minimum atomic E-state index is -0.875. The van der Waals surface area contributed by atoms with Crippen molar-refractivity contribution in [3.05, 3.63) is 0 Å². The molecule has 120 valence electrons. The topological polar surface area (TPSA) is 72.9 Å². The molecule has 3 saturated heterocycles. The van der Waals surface area contributed by atoms with Gasteiger partial charge in [0.2, 0.25) is 0 Å². The number of carboxylic acids is 1. The number of carbonyl (C=O) groups excluding carboxylic acids is 1. The normalized spacial score (nSPS) is 28.2. The van der Waals surface area contributed by atoms with Crippen molar-refractivity contribution in [3.8, 4) is 0 Å². The highest BCUT2D eigenvalue weighted by Crippen LogP contribution is 2.28. The van der Waals surface area contributed by atoms with Gasteiger partial charge in [0.05, 0.1) is 6.42 Å². The maximum absolute atomic E-state index is 12.6. The average Bonchev–Trinajstić information content (AvgIpc) is 2.38. The number of rotatable bonds is 4. The van der Waals surface area contributed by atoms with E-state index < -0.39 is 5.97 Å². The van der Waals surface area contributed by atoms with Crippen LogP contribution in [0.4, 0.5) is 4.79 Å². The van der Waals surface area contributed by atoms with Crippen LogP contribution < -0.4 is 5.32 Å². The molecule has 3 fully saturated rings. The highest BCUT2D eigenvalue weighted by molar-refractivity contribution is 5.76. The highest BCUT2D eigenvalue weighted by atomic mass is 16.4. The van der Waals surface area contributed by atoms with Gasteiger partial charge in [0, 0.05) is 24.7 Å². The number of fused-ring (bicyclic) bond motifs is 3. The van der Waals surface area contributed by atoms with Crippen molar-refractivity contribution >= 4 is 12.0 Å². The number of nitrogens with one attached hydrogen (secondary N) is 1. The number of hydrogen-bond donors (Lipinski definition) is 2. The maximum atomic E-state index is 12.6. The molecule has 6 nitrogen and oxygen atoms in total. The molecular formula is C15H27N3O3. The third-order valence-corrected chi connectivity index (χ3v) is 4.57. The van der Waals surface area contributed by atoms with Crippen molar-refractivity contribution in [2.75, 3.05) is 26.2 Å². The summed E-state index contributed by atoms with van der Waals surface area (Å²) in [6, 6.07) is 0.0668. The van der Waals surface area contributed by atoms with Crippen LogP contribution in [-0.2, 0) is 4.79 Å². The van der Waals surface area contributed by atoms with Gasteiger partial charge in [0.1, 0.15) is 0 Å². The van der Waals surface area contributed by atoms with E-state index >= 15 is 0 Å². The summed E-state index contributed by atoms with van der Waals surface area (Å²) in [7, 11) is 0. The number of hydrogen-bond acceptors (Lipinski definition) is 3. The monoisotopic (exact) mass is 297 g/mol. The van der Waals surface area contributed by atoms with Crippen LogP contribution in [0.15, 0.2) is 0 Å². The lowest BCUT2D eigenvalue weighted by Crippen LogP contribution is -2.61. The predicted molar refractivity (Wildman–Crippen MR) is 80.2 cm³/mol. The van der Waals surface area contributed by atoms with Crippen LogP contribution in [0.5, 0.6) is 0 Å². The molecule has 0 aromatic heterocycles. The Balaban J connectivity index is 1.96. The Hall–Kier alpha value is -1.30. The van der Waals surface area contributed by atoms with Crippen LogP contribution in [0.25, 0.3) is 0 Å². The molecule has 0 aromatic carbocycles. The number of carboxylic acid groups (broad SMARTS) is 1. The zero-order valence-corrected chi connectivity index (χ0v) is 13.3. The molecule has 0 radical (unpaired) electrons. The van der Waals surface area contributed by atoms with Crippen LogP contribution in [0.3, 0.4) is 0 Å². The summed E-state index contributed by atoms with van der Waals surface area (Å²) in [5, 5.41) is 12.0. The van der Waals surface area contributed by atoms with Gasteiger partial charge >= 0.3 is 12.0 Å². The van der Waals surface area contributed by atoms with Gasteiger partial charge in [-0.15, -0.1) is 0 Å². The van der Waals surface area contributed by atoms with E-state index in [1.807, 2.05) is 20.8 Å². The number of nitrogens with zero attached hydrogens (tertiary/aromatic N) is 2. The molecule has 2 amide bonds. The Kier molecular flexibility index (Phi) is 4.76. The van der Waals surface area contributed by atoms with Gasteiger partial charge < -0.3 is 20.2 Å². The van der Waals surface area contributed by atoms with Crippen LogP contribution in [-0.4, -0.2) is 64.7 Å². The molecule has 3 rings (SSSR count). The number of carbonyl (C=O) groups is 2. The smallest absolute Gasteiger partial charge is 0.318 e. The standard InChI is InChI=1S/C15H27N3O3/c1-15(2,3)18(9-6-13(19)20)14(21)16-12-10-17-7-4-11(12)5-8-17/h11-12H,4-10H2,1-3H3,(H,16,21)(H,19,20). The summed E-state index contributed by atoms with van der Waals surface area (Å²) in [6.45, 7) is 9.25.